The fourth-order valence-corrected chi connectivity index (χ4v) is 5.24. The lowest BCUT2D eigenvalue weighted by atomic mass is 10.1. The molecule has 1 unspecified atom stereocenters. The maximum absolute atomic E-state index is 13.1. The normalized spacial score (nSPS) is 13.7. The van der Waals surface area contributed by atoms with Crippen LogP contribution in [0.3, 0.4) is 0 Å². The predicted molar refractivity (Wildman–Crippen MR) is 148 cm³/mol. The van der Waals surface area contributed by atoms with Crippen LogP contribution in [0.4, 0.5) is 5.69 Å². The first-order valence-corrected chi connectivity index (χ1v) is 13.9. The molecule has 0 radical (unpaired) electrons. The van der Waals surface area contributed by atoms with E-state index in [1.807, 2.05) is 32.0 Å². The maximum Gasteiger partial charge on any atom is 0.280 e. The summed E-state index contributed by atoms with van der Waals surface area (Å²) in [5, 5.41) is 9.12. The van der Waals surface area contributed by atoms with Gasteiger partial charge in [-0.1, -0.05) is 25.4 Å². The number of thiazole rings is 1. The van der Waals surface area contributed by atoms with Gasteiger partial charge in [0, 0.05) is 53.8 Å². The van der Waals surface area contributed by atoms with Gasteiger partial charge in [0.2, 0.25) is 0 Å². The fraction of sp³-hybridized carbons (Fsp3) is 0.360. The van der Waals surface area contributed by atoms with Crippen LogP contribution in [-0.2, 0) is 4.74 Å². The van der Waals surface area contributed by atoms with Crippen LogP contribution >= 0.6 is 34.9 Å². The lowest BCUT2D eigenvalue weighted by Gasteiger charge is -2.18. The molecule has 1 atom stereocenters. The molecule has 190 valence electrons. The Balaban J connectivity index is 0.00000148. The number of hydrogen-bond acceptors (Lipinski definition) is 8. The minimum absolute atomic E-state index is 0.251. The number of anilines is 1. The summed E-state index contributed by atoms with van der Waals surface area (Å²) in [7, 11) is 1.64. The van der Waals surface area contributed by atoms with Crippen LogP contribution in [0.15, 0.2) is 49.1 Å². The number of amides is 1. The average Bonchev–Trinajstić information content (AvgIpc) is 3.44. The largest absolute Gasteiger partial charge is 0.385 e. The molecule has 0 bridgehead atoms. The van der Waals surface area contributed by atoms with Gasteiger partial charge in [-0.25, -0.2) is 9.50 Å². The molecule has 1 aliphatic rings. The van der Waals surface area contributed by atoms with E-state index in [2.05, 4.69) is 25.1 Å². The number of methoxy groups -OCH3 is 1. The smallest absolute Gasteiger partial charge is 0.280 e. The number of ether oxygens (including phenoxy) is 1. The quantitative estimate of drug-likeness (QED) is 0.227. The van der Waals surface area contributed by atoms with Gasteiger partial charge in [0.25, 0.3) is 5.91 Å². The summed E-state index contributed by atoms with van der Waals surface area (Å²) in [5.74, 6) is -0.251. The van der Waals surface area contributed by atoms with Crippen LogP contribution < -0.4 is 10.0 Å². The number of nitrogens with zero attached hydrogens (tertiary/aromatic N) is 4. The number of carbonyl (C=O) groups excluding carboxylic acids is 1. The van der Waals surface area contributed by atoms with Crippen LogP contribution in [0.1, 0.15) is 54.6 Å². The Bertz CT molecular complexity index is 1310. The van der Waals surface area contributed by atoms with E-state index in [0.29, 0.717) is 28.3 Å². The van der Waals surface area contributed by atoms with Gasteiger partial charge in [0.15, 0.2) is 5.01 Å². The number of hydrogen-bond donors (Lipinski definition) is 2. The molecule has 36 heavy (non-hydrogen) atoms. The third-order valence-corrected chi connectivity index (χ3v) is 7.79. The molecular formula is C25H29ClN6O2S2. The lowest BCUT2D eigenvalue weighted by molar-refractivity contribution is 0.0923. The first-order valence-electron chi connectivity index (χ1n) is 11.9. The molecule has 0 saturated heterocycles. The van der Waals surface area contributed by atoms with Crippen molar-refractivity contribution >= 4 is 52.0 Å². The lowest BCUT2D eigenvalue weighted by Crippen LogP contribution is -2.30. The summed E-state index contributed by atoms with van der Waals surface area (Å²) < 4.78 is 10.4. The Morgan fingerprint density at radius 1 is 1.28 bits per heavy atom. The number of carbonyl (C=O) groups is 1. The Labute approximate surface area is 224 Å². The molecule has 1 fully saturated rings. The summed E-state index contributed by atoms with van der Waals surface area (Å²) in [4.78, 5) is 22.8. The molecule has 1 aliphatic carbocycles. The van der Waals surface area contributed by atoms with Gasteiger partial charge in [-0.2, -0.15) is 5.10 Å². The van der Waals surface area contributed by atoms with Gasteiger partial charge in [0.1, 0.15) is 0 Å². The molecule has 11 heteroatoms. The van der Waals surface area contributed by atoms with E-state index in [-0.39, 0.29) is 11.9 Å². The third kappa shape index (κ3) is 6.56. The van der Waals surface area contributed by atoms with Gasteiger partial charge < -0.3 is 14.8 Å². The Morgan fingerprint density at radius 2 is 2.11 bits per heavy atom. The number of fused-ring (bicyclic) bond motifs is 1. The second-order valence-corrected chi connectivity index (χ2v) is 10.5. The summed E-state index contributed by atoms with van der Waals surface area (Å²) in [6.45, 7) is 4.49. The molecule has 2 N–H and O–H groups in total. The molecule has 0 aromatic carbocycles. The van der Waals surface area contributed by atoms with Crippen LogP contribution in [0, 0.1) is 0 Å². The van der Waals surface area contributed by atoms with Crippen molar-refractivity contribution in [1.82, 2.24) is 24.9 Å². The van der Waals surface area contributed by atoms with E-state index in [9.17, 15) is 4.79 Å². The first-order chi connectivity index (χ1) is 17.6. The molecule has 1 amide bonds. The Hall–Kier alpha value is -2.66. The van der Waals surface area contributed by atoms with Gasteiger partial charge in [-0.3, -0.25) is 9.78 Å². The van der Waals surface area contributed by atoms with E-state index >= 15 is 0 Å². The van der Waals surface area contributed by atoms with Crippen molar-refractivity contribution in [3.63, 3.8) is 0 Å². The van der Waals surface area contributed by atoms with Crippen molar-refractivity contribution < 1.29 is 9.53 Å². The zero-order valence-corrected chi connectivity index (χ0v) is 22.8. The second kappa shape index (κ2) is 12.5. The molecular weight excluding hydrogens is 516 g/mol. The van der Waals surface area contributed by atoms with E-state index in [1.54, 1.807) is 54.4 Å². The third-order valence-electron chi connectivity index (χ3n) is 5.37. The molecule has 4 aromatic heterocycles. The zero-order chi connectivity index (χ0) is 25.5. The van der Waals surface area contributed by atoms with Gasteiger partial charge >= 0.3 is 0 Å². The minimum Gasteiger partial charge on any atom is -0.385 e. The summed E-state index contributed by atoms with van der Waals surface area (Å²) in [6.07, 6.45) is 10.1. The Kier molecular flexibility index (Phi) is 9.19. The van der Waals surface area contributed by atoms with Gasteiger partial charge in [-0.05, 0) is 55.5 Å². The fourth-order valence-electron chi connectivity index (χ4n) is 3.44. The molecule has 1 saturated carbocycles. The highest BCUT2D eigenvalue weighted by molar-refractivity contribution is 8.01. The predicted octanol–water partition coefficient (Wildman–Crippen LogP) is 6.26. The topological polar surface area (TPSA) is 93.4 Å². The van der Waals surface area contributed by atoms with Crippen LogP contribution in [0.2, 0.25) is 5.02 Å². The van der Waals surface area contributed by atoms with Crippen molar-refractivity contribution in [2.24, 2.45) is 0 Å². The van der Waals surface area contributed by atoms with Crippen LogP contribution in [0.25, 0.3) is 16.0 Å². The van der Waals surface area contributed by atoms with Gasteiger partial charge in [0.05, 0.1) is 28.3 Å². The first kappa shape index (κ1) is 26.4. The highest BCUT2D eigenvalue weighted by atomic mass is 35.5. The van der Waals surface area contributed by atoms with E-state index in [4.69, 9.17) is 16.3 Å². The molecule has 4 heterocycles. The summed E-state index contributed by atoms with van der Waals surface area (Å²) >= 11 is 9.21. The molecule has 8 nitrogen and oxygen atoms in total. The highest BCUT2D eigenvalue weighted by Gasteiger charge is 2.23. The van der Waals surface area contributed by atoms with Crippen molar-refractivity contribution in [2.45, 2.75) is 44.4 Å². The molecule has 5 rings (SSSR count). The van der Waals surface area contributed by atoms with E-state index in [1.165, 1.54) is 24.2 Å². The molecule has 0 spiro atoms. The number of aromatic nitrogens is 4. The summed E-state index contributed by atoms with van der Waals surface area (Å²) in [5.41, 5.74) is 3.49. The number of halogens is 1. The monoisotopic (exact) mass is 544 g/mol. The highest BCUT2D eigenvalue weighted by Crippen LogP contribution is 2.35. The molecule has 0 aliphatic heterocycles. The van der Waals surface area contributed by atoms with Crippen LogP contribution in [-0.4, -0.2) is 44.5 Å². The number of nitrogens with one attached hydrogen (secondary N) is 2. The van der Waals surface area contributed by atoms with Crippen molar-refractivity contribution in [2.75, 3.05) is 18.4 Å². The van der Waals surface area contributed by atoms with Crippen LogP contribution in [0.5, 0.6) is 0 Å². The number of pyridine rings is 2. The SMILES string of the molecule is CC.COCCC(NC(=O)c1ncc(-c2cnn3ccc(Cl)cc23)s1)c1cc(NSC2CC2)ccn1. The van der Waals surface area contributed by atoms with E-state index in [0.717, 1.165) is 27.3 Å². The number of rotatable bonds is 10. The zero-order valence-electron chi connectivity index (χ0n) is 20.4. The standard InChI is InChI=1S/C23H23ClN6O2S2.C2H6/c1-32-9-6-18(19-11-15(4-7-25-19)29-34-16-2-3-16)28-22(31)23-26-13-21(33-23)17-12-27-30-8-5-14(24)10-20(17)30;1-2/h4-5,7-8,10-13,16,18H,2-3,6,9H2,1H3,(H,25,29)(H,28,31);1-2H3. The Morgan fingerprint density at radius 3 is 2.89 bits per heavy atom. The maximum atomic E-state index is 13.1. The molecule has 4 aromatic rings. The van der Waals surface area contributed by atoms with E-state index < -0.39 is 0 Å². The summed E-state index contributed by atoms with van der Waals surface area (Å²) in [6, 6.07) is 7.23. The minimum atomic E-state index is -0.303. The second-order valence-electron chi connectivity index (χ2n) is 7.96. The van der Waals surface area contributed by atoms with Crippen molar-refractivity contribution in [3.05, 3.63) is 64.8 Å². The van der Waals surface area contributed by atoms with Crippen molar-refractivity contribution in [3.8, 4) is 10.4 Å². The van der Waals surface area contributed by atoms with Crippen molar-refractivity contribution in [1.29, 1.82) is 0 Å². The average molecular weight is 545 g/mol. The van der Waals surface area contributed by atoms with Gasteiger partial charge in [-0.15, -0.1) is 11.3 Å².